The fraction of sp³-hybridized carbons (Fsp3) is 0.667. The maximum absolute atomic E-state index is 12.2. The number of aromatic nitrogens is 2. The largest absolute Gasteiger partial charge is 0.481 e. The Balaban J connectivity index is 2.08. The summed E-state index contributed by atoms with van der Waals surface area (Å²) in [6.45, 7) is 3.88. The van der Waals surface area contributed by atoms with Crippen molar-refractivity contribution in [2.45, 2.75) is 43.7 Å². The van der Waals surface area contributed by atoms with E-state index >= 15 is 0 Å². The number of carboxylic acid groups (broad SMARTS) is 1. The summed E-state index contributed by atoms with van der Waals surface area (Å²) in [5.74, 6) is -0.496. The summed E-state index contributed by atoms with van der Waals surface area (Å²) in [5.41, 5.74) is 0. The highest BCUT2D eigenvalue weighted by molar-refractivity contribution is 7.89. The van der Waals surface area contributed by atoms with Crippen LogP contribution in [-0.2, 0) is 21.9 Å². The van der Waals surface area contributed by atoms with Gasteiger partial charge in [-0.15, -0.1) is 0 Å². The fourth-order valence-corrected chi connectivity index (χ4v) is 3.58. The first kappa shape index (κ1) is 15.0. The summed E-state index contributed by atoms with van der Waals surface area (Å²) >= 11 is 0. The van der Waals surface area contributed by atoms with Crippen LogP contribution in [0.15, 0.2) is 11.2 Å². The Bertz CT molecular complexity index is 615. The fourth-order valence-electron chi connectivity index (χ4n) is 2.31. The maximum atomic E-state index is 12.2. The predicted octanol–water partition coefficient (Wildman–Crippen LogP) is 0.685. The number of carbonyl (C=O) groups is 1. The third-order valence-electron chi connectivity index (χ3n) is 3.49. The highest BCUT2D eigenvalue weighted by atomic mass is 32.2. The minimum atomic E-state index is -3.68. The second-order valence-electron chi connectivity index (χ2n) is 5.53. The number of aliphatic carboxylic acids is 1. The van der Waals surface area contributed by atoms with Crippen LogP contribution in [-0.4, -0.2) is 35.1 Å². The molecule has 0 unspecified atom stereocenters. The van der Waals surface area contributed by atoms with Crippen LogP contribution in [0.1, 0.15) is 38.4 Å². The lowest BCUT2D eigenvalue weighted by atomic mass is 9.81. The van der Waals surface area contributed by atoms with Gasteiger partial charge in [0.25, 0.3) is 10.0 Å². The summed E-state index contributed by atoms with van der Waals surface area (Å²) in [4.78, 5) is 14.8. The molecule has 0 spiro atoms. The van der Waals surface area contributed by atoms with E-state index in [9.17, 15) is 13.2 Å². The van der Waals surface area contributed by atoms with E-state index in [4.69, 9.17) is 5.11 Å². The maximum Gasteiger partial charge on any atom is 0.306 e. The molecule has 1 aromatic heterocycles. The van der Waals surface area contributed by atoms with Crippen molar-refractivity contribution >= 4 is 16.0 Å². The smallest absolute Gasteiger partial charge is 0.306 e. The zero-order valence-electron chi connectivity index (χ0n) is 11.7. The number of carboxylic acids is 1. The van der Waals surface area contributed by atoms with Gasteiger partial charge in [0, 0.05) is 25.2 Å². The van der Waals surface area contributed by atoms with Crippen molar-refractivity contribution in [2.24, 2.45) is 13.0 Å². The average molecular weight is 301 g/mol. The normalized spacial score (nSPS) is 22.8. The molecule has 0 atom stereocenters. The first-order chi connectivity index (χ1) is 9.20. The van der Waals surface area contributed by atoms with E-state index in [0.29, 0.717) is 18.7 Å². The van der Waals surface area contributed by atoms with Gasteiger partial charge < -0.3 is 9.67 Å². The molecule has 112 valence electrons. The number of imidazole rings is 1. The van der Waals surface area contributed by atoms with Crippen molar-refractivity contribution in [1.29, 1.82) is 0 Å². The molecule has 0 aliphatic heterocycles. The Hall–Kier alpha value is -1.41. The van der Waals surface area contributed by atoms with Gasteiger partial charge in [0.1, 0.15) is 5.82 Å². The molecule has 8 heteroatoms. The molecule has 20 heavy (non-hydrogen) atoms. The van der Waals surface area contributed by atoms with Crippen molar-refractivity contribution in [3.05, 3.63) is 12.0 Å². The van der Waals surface area contributed by atoms with Crippen molar-refractivity contribution in [3.63, 3.8) is 0 Å². The van der Waals surface area contributed by atoms with Gasteiger partial charge in [0.15, 0.2) is 5.03 Å². The first-order valence-electron chi connectivity index (χ1n) is 6.49. The van der Waals surface area contributed by atoms with Crippen LogP contribution in [0.3, 0.4) is 0 Å². The number of nitrogens with one attached hydrogen (secondary N) is 1. The minimum absolute atomic E-state index is 0.0116. The lowest BCUT2D eigenvalue weighted by Gasteiger charge is -2.32. The SMILES string of the molecule is CC(C)c1nc(S(=O)(=O)NC2CC(C(=O)O)C2)cn1C. The zero-order chi connectivity index (χ0) is 15.1. The van der Waals surface area contributed by atoms with Crippen LogP contribution < -0.4 is 4.72 Å². The molecule has 2 rings (SSSR count). The Kier molecular flexibility index (Phi) is 3.88. The van der Waals surface area contributed by atoms with Crippen molar-refractivity contribution in [3.8, 4) is 0 Å². The van der Waals surface area contributed by atoms with Crippen LogP contribution in [0, 0.1) is 5.92 Å². The number of hydrogen-bond donors (Lipinski definition) is 2. The number of sulfonamides is 1. The average Bonchev–Trinajstić information content (AvgIpc) is 2.65. The van der Waals surface area contributed by atoms with Gasteiger partial charge in [-0.3, -0.25) is 4.79 Å². The number of aryl methyl sites for hydroxylation is 1. The van der Waals surface area contributed by atoms with Gasteiger partial charge in [0.05, 0.1) is 5.92 Å². The summed E-state index contributed by atoms with van der Waals surface area (Å²) in [6, 6.07) is -0.314. The second kappa shape index (κ2) is 5.17. The summed E-state index contributed by atoms with van der Waals surface area (Å²) < 4.78 is 28.5. The molecule has 0 aromatic carbocycles. The second-order valence-corrected chi connectivity index (χ2v) is 7.19. The zero-order valence-corrected chi connectivity index (χ0v) is 12.5. The molecule has 7 nitrogen and oxygen atoms in total. The van der Waals surface area contributed by atoms with E-state index in [1.807, 2.05) is 13.8 Å². The highest BCUT2D eigenvalue weighted by Crippen LogP contribution is 2.28. The number of hydrogen-bond acceptors (Lipinski definition) is 4. The Morgan fingerprint density at radius 1 is 1.50 bits per heavy atom. The Morgan fingerprint density at radius 2 is 2.10 bits per heavy atom. The minimum Gasteiger partial charge on any atom is -0.481 e. The lowest BCUT2D eigenvalue weighted by molar-refractivity contribution is -0.145. The Labute approximate surface area is 118 Å². The van der Waals surface area contributed by atoms with Crippen LogP contribution in [0.4, 0.5) is 0 Å². The molecule has 1 aliphatic carbocycles. The van der Waals surface area contributed by atoms with E-state index in [-0.39, 0.29) is 17.0 Å². The molecule has 1 aromatic rings. The van der Waals surface area contributed by atoms with Gasteiger partial charge in [-0.2, -0.15) is 0 Å². The van der Waals surface area contributed by atoms with E-state index in [1.54, 1.807) is 11.6 Å². The van der Waals surface area contributed by atoms with Gasteiger partial charge in [-0.05, 0) is 12.8 Å². The Morgan fingerprint density at radius 3 is 2.55 bits per heavy atom. The van der Waals surface area contributed by atoms with Gasteiger partial charge >= 0.3 is 5.97 Å². The van der Waals surface area contributed by atoms with Crippen LogP contribution >= 0.6 is 0 Å². The number of rotatable bonds is 5. The molecule has 0 radical (unpaired) electrons. The van der Waals surface area contributed by atoms with E-state index in [1.165, 1.54) is 6.20 Å². The van der Waals surface area contributed by atoms with Gasteiger partial charge in [0.2, 0.25) is 0 Å². The van der Waals surface area contributed by atoms with Crippen LogP contribution in [0.2, 0.25) is 0 Å². The molecule has 0 bridgehead atoms. The van der Waals surface area contributed by atoms with E-state index in [2.05, 4.69) is 9.71 Å². The third kappa shape index (κ3) is 2.85. The van der Waals surface area contributed by atoms with Crippen molar-refractivity contribution in [2.75, 3.05) is 0 Å². The molecular weight excluding hydrogens is 282 g/mol. The van der Waals surface area contributed by atoms with Gasteiger partial charge in [-0.25, -0.2) is 18.1 Å². The van der Waals surface area contributed by atoms with E-state index in [0.717, 1.165) is 0 Å². The molecule has 1 saturated carbocycles. The highest BCUT2D eigenvalue weighted by Gasteiger charge is 2.37. The quantitative estimate of drug-likeness (QED) is 0.833. The first-order valence-corrected chi connectivity index (χ1v) is 7.97. The number of nitrogens with zero attached hydrogens (tertiary/aromatic N) is 2. The third-order valence-corrected chi connectivity index (χ3v) is 4.88. The van der Waals surface area contributed by atoms with Gasteiger partial charge in [-0.1, -0.05) is 13.8 Å². The summed E-state index contributed by atoms with van der Waals surface area (Å²) in [5, 5.41) is 8.76. The van der Waals surface area contributed by atoms with Crippen LogP contribution in [0.25, 0.3) is 0 Å². The predicted molar refractivity (Wildman–Crippen MR) is 71.8 cm³/mol. The summed E-state index contributed by atoms with van der Waals surface area (Å²) in [6.07, 6.45) is 2.14. The monoisotopic (exact) mass is 301 g/mol. The topological polar surface area (TPSA) is 101 Å². The molecule has 1 aliphatic rings. The molecule has 0 saturated heterocycles. The summed E-state index contributed by atoms with van der Waals surface area (Å²) in [7, 11) is -1.92. The lowest BCUT2D eigenvalue weighted by Crippen LogP contribution is -2.46. The molecule has 1 fully saturated rings. The molecule has 0 amide bonds. The van der Waals surface area contributed by atoms with Crippen molar-refractivity contribution in [1.82, 2.24) is 14.3 Å². The molecular formula is C12H19N3O4S. The van der Waals surface area contributed by atoms with Crippen LogP contribution in [0.5, 0.6) is 0 Å². The van der Waals surface area contributed by atoms with Crippen molar-refractivity contribution < 1.29 is 18.3 Å². The molecule has 1 heterocycles. The van der Waals surface area contributed by atoms with E-state index < -0.39 is 21.9 Å². The molecule has 2 N–H and O–H groups in total. The standard InChI is InChI=1S/C12H19N3O4S/c1-7(2)11-13-10(6-15(11)3)20(18,19)14-9-4-8(5-9)12(16)17/h6-9,14H,4-5H2,1-3H3,(H,16,17).